The van der Waals surface area contributed by atoms with Crippen molar-refractivity contribution in [2.24, 2.45) is 0 Å². The van der Waals surface area contributed by atoms with Crippen LogP contribution in [0.5, 0.6) is 5.75 Å². The van der Waals surface area contributed by atoms with Crippen LogP contribution in [0.15, 0.2) is 36.7 Å². The Bertz CT molecular complexity index is 519. The number of aromatic nitrogens is 2. The minimum atomic E-state index is -0.992. The predicted molar refractivity (Wildman–Crippen MR) is 57.1 cm³/mol. The molecule has 0 radical (unpaired) electrons. The van der Waals surface area contributed by atoms with Gasteiger partial charge in [-0.1, -0.05) is 6.07 Å². The van der Waals surface area contributed by atoms with E-state index in [-0.39, 0.29) is 5.56 Å². The summed E-state index contributed by atoms with van der Waals surface area (Å²) in [6.45, 7) is 0. The molecule has 0 atom stereocenters. The van der Waals surface area contributed by atoms with Crippen LogP contribution in [0.2, 0.25) is 0 Å². The third kappa shape index (κ3) is 1.88. The van der Waals surface area contributed by atoms with Gasteiger partial charge in [0.2, 0.25) is 0 Å². The lowest BCUT2D eigenvalue weighted by Gasteiger charge is -2.03. The lowest BCUT2D eigenvalue weighted by atomic mass is 10.3. The smallest absolute Gasteiger partial charge is 0.338 e. The number of benzene rings is 1. The van der Waals surface area contributed by atoms with Gasteiger partial charge in [0.25, 0.3) is 0 Å². The Morgan fingerprint density at radius 2 is 2.31 bits per heavy atom. The molecule has 0 saturated heterocycles. The minimum absolute atomic E-state index is 0.155. The molecule has 0 fully saturated rings. The van der Waals surface area contributed by atoms with Crippen molar-refractivity contribution in [2.75, 3.05) is 7.11 Å². The molecule has 1 aromatic carbocycles. The van der Waals surface area contributed by atoms with Crippen molar-refractivity contribution in [1.29, 1.82) is 0 Å². The third-order valence-electron chi connectivity index (χ3n) is 2.15. The van der Waals surface area contributed by atoms with E-state index in [1.54, 1.807) is 13.2 Å². The fraction of sp³-hybridized carbons (Fsp3) is 0.0909. The predicted octanol–water partition coefficient (Wildman–Crippen LogP) is 1.58. The normalized spacial score (nSPS) is 10.1. The van der Waals surface area contributed by atoms with Crippen LogP contribution in [-0.2, 0) is 0 Å². The quantitative estimate of drug-likeness (QED) is 0.849. The van der Waals surface area contributed by atoms with Crippen LogP contribution < -0.4 is 4.74 Å². The fourth-order valence-corrected chi connectivity index (χ4v) is 1.33. The summed E-state index contributed by atoms with van der Waals surface area (Å²) in [6.07, 6.45) is 2.76. The lowest BCUT2D eigenvalue weighted by molar-refractivity contribution is 0.0697. The summed E-state index contributed by atoms with van der Waals surface area (Å²) < 4.78 is 6.57. The molecule has 0 aliphatic rings. The summed E-state index contributed by atoms with van der Waals surface area (Å²) in [4.78, 5) is 10.7. The number of nitrogens with zero attached hydrogens (tertiary/aromatic N) is 2. The number of aromatic carboxylic acids is 1. The maximum atomic E-state index is 10.7. The van der Waals surface area contributed by atoms with Crippen molar-refractivity contribution < 1.29 is 14.6 Å². The first-order valence-electron chi connectivity index (χ1n) is 4.63. The monoisotopic (exact) mass is 218 g/mol. The first-order chi connectivity index (χ1) is 7.70. The Labute approximate surface area is 91.9 Å². The Morgan fingerprint density at radius 1 is 1.50 bits per heavy atom. The zero-order chi connectivity index (χ0) is 11.5. The SMILES string of the molecule is COc1cccc(-n2cc(C(=O)O)cn2)c1. The molecule has 2 aromatic rings. The molecule has 1 N–H and O–H groups in total. The first-order valence-corrected chi connectivity index (χ1v) is 4.63. The lowest BCUT2D eigenvalue weighted by Crippen LogP contribution is -1.96. The molecule has 1 heterocycles. The number of rotatable bonds is 3. The van der Waals surface area contributed by atoms with E-state index in [2.05, 4.69) is 5.10 Å². The first kappa shape index (κ1) is 10.2. The fourth-order valence-electron chi connectivity index (χ4n) is 1.33. The molecular weight excluding hydrogens is 208 g/mol. The van der Waals surface area contributed by atoms with Gasteiger partial charge in [-0.2, -0.15) is 5.10 Å². The number of carbonyl (C=O) groups is 1. The van der Waals surface area contributed by atoms with E-state index >= 15 is 0 Å². The number of hydrogen-bond donors (Lipinski definition) is 1. The number of methoxy groups -OCH3 is 1. The van der Waals surface area contributed by atoms with Gasteiger partial charge in [0.1, 0.15) is 5.75 Å². The highest BCUT2D eigenvalue weighted by molar-refractivity contribution is 5.86. The summed E-state index contributed by atoms with van der Waals surface area (Å²) in [5.41, 5.74) is 0.912. The van der Waals surface area contributed by atoms with Crippen LogP contribution in [0.1, 0.15) is 10.4 Å². The Balaban J connectivity index is 2.38. The van der Waals surface area contributed by atoms with Gasteiger partial charge >= 0.3 is 5.97 Å². The van der Waals surface area contributed by atoms with Gasteiger partial charge in [-0.05, 0) is 12.1 Å². The Hall–Kier alpha value is -2.30. The van der Waals surface area contributed by atoms with Crippen molar-refractivity contribution in [2.45, 2.75) is 0 Å². The topological polar surface area (TPSA) is 64.3 Å². The van der Waals surface area contributed by atoms with E-state index in [4.69, 9.17) is 9.84 Å². The average Bonchev–Trinajstić information content (AvgIpc) is 2.78. The second kappa shape index (κ2) is 4.06. The number of carboxylic acid groups (broad SMARTS) is 1. The highest BCUT2D eigenvalue weighted by atomic mass is 16.5. The molecule has 0 spiro atoms. The molecule has 16 heavy (non-hydrogen) atoms. The van der Waals surface area contributed by atoms with Gasteiger partial charge < -0.3 is 9.84 Å². The summed E-state index contributed by atoms with van der Waals surface area (Å²) in [5, 5.41) is 12.7. The van der Waals surface area contributed by atoms with Gasteiger partial charge in [0.15, 0.2) is 0 Å². The van der Waals surface area contributed by atoms with Crippen LogP contribution in [0.4, 0.5) is 0 Å². The van der Waals surface area contributed by atoms with Gasteiger partial charge in [-0.3, -0.25) is 0 Å². The second-order valence-corrected chi connectivity index (χ2v) is 3.18. The Kier molecular flexibility index (Phi) is 2.59. The van der Waals surface area contributed by atoms with Crippen LogP contribution in [0.3, 0.4) is 0 Å². The second-order valence-electron chi connectivity index (χ2n) is 3.18. The number of carboxylic acids is 1. The maximum absolute atomic E-state index is 10.7. The zero-order valence-corrected chi connectivity index (χ0v) is 8.62. The van der Waals surface area contributed by atoms with E-state index in [0.717, 1.165) is 5.69 Å². The summed E-state index contributed by atoms with van der Waals surface area (Å²) >= 11 is 0. The molecule has 5 heteroatoms. The standard InChI is InChI=1S/C11H10N2O3/c1-16-10-4-2-3-9(5-10)13-7-8(6-12-13)11(14)15/h2-7H,1H3,(H,14,15). The van der Waals surface area contributed by atoms with Crippen LogP contribution in [-0.4, -0.2) is 28.0 Å². The van der Waals surface area contributed by atoms with Gasteiger partial charge in [-0.25, -0.2) is 9.48 Å². The largest absolute Gasteiger partial charge is 0.497 e. The van der Waals surface area contributed by atoms with E-state index < -0.39 is 5.97 Å². The molecule has 0 amide bonds. The number of hydrogen-bond acceptors (Lipinski definition) is 3. The molecule has 82 valence electrons. The summed E-state index contributed by atoms with van der Waals surface area (Å²) in [5.74, 6) is -0.293. The summed E-state index contributed by atoms with van der Waals surface area (Å²) in [6, 6.07) is 7.22. The van der Waals surface area contributed by atoms with Gasteiger partial charge in [-0.15, -0.1) is 0 Å². The molecule has 0 unspecified atom stereocenters. The van der Waals surface area contributed by atoms with E-state index in [1.165, 1.54) is 17.1 Å². The molecule has 1 aromatic heterocycles. The molecule has 5 nitrogen and oxygen atoms in total. The highest BCUT2D eigenvalue weighted by Crippen LogP contribution is 2.16. The van der Waals surface area contributed by atoms with Crippen molar-refractivity contribution in [3.63, 3.8) is 0 Å². The molecular formula is C11H10N2O3. The number of ether oxygens (including phenoxy) is 1. The van der Waals surface area contributed by atoms with Crippen molar-refractivity contribution in [3.05, 3.63) is 42.2 Å². The zero-order valence-electron chi connectivity index (χ0n) is 8.62. The van der Waals surface area contributed by atoms with E-state index in [0.29, 0.717) is 5.75 Å². The molecule has 0 aliphatic carbocycles. The van der Waals surface area contributed by atoms with Crippen molar-refractivity contribution in [3.8, 4) is 11.4 Å². The molecule has 0 aliphatic heterocycles. The van der Waals surface area contributed by atoms with Gasteiger partial charge in [0.05, 0.1) is 24.6 Å². The van der Waals surface area contributed by atoms with Crippen molar-refractivity contribution in [1.82, 2.24) is 9.78 Å². The highest BCUT2D eigenvalue weighted by Gasteiger charge is 2.07. The average molecular weight is 218 g/mol. The molecule has 0 saturated carbocycles. The molecule has 0 bridgehead atoms. The summed E-state index contributed by atoms with van der Waals surface area (Å²) in [7, 11) is 1.57. The van der Waals surface area contributed by atoms with Gasteiger partial charge in [0, 0.05) is 12.3 Å². The third-order valence-corrected chi connectivity index (χ3v) is 2.15. The Morgan fingerprint density at radius 3 is 2.94 bits per heavy atom. The van der Waals surface area contributed by atoms with Crippen LogP contribution >= 0.6 is 0 Å². The van der Waals surface area contributed by atoms with E-state index in [1.807, 2.05) is 18.2 Å². The van der Waals surface area contributed by atoms with Crippen LogP contribution in [0.25, 0.3) is 5.69 Å². The minimum Gasteiger partial charge on any atom is -0.497 e. The van der Waals surface area contributed by atoms with Crippen LogP contribution in [0, 0.1) is 0 Å². The van der Waals surface area contributed by atoms with E-state index in [9.17, 15) is 4.79 Å². The maximum Gasteiger partial charge on any atom is 0.338 e. The molecule has 2 rings (SSSR count). The van der Waals surface area contributed by atoms with Crippen molar-refractivity contribution >= 4 is 5.97 Å².